The fraction of sp³-hybridized carbons (Fsp3) is 0.154. The summed E-state index contributed by atoms with van der Waals surface area (Å²) in [5.41, 5.74) is 4.16. The van der Waals surface area contributed by atoms with Crippen LogP contribution in [0.5, 0.6) is 0 Å². The van der Waals surface area contributed by atoms with E-state index < -0.39 is 0 Å². The molecule has 0 aliphatic heterocycles. The van der Waals surface area contributed by atoms with Gasteiger partial charge in [-0.3, -0.25) is 5.21 Å². The number of nitrogens with zero attached hydrogens (tertiary/aromatic N) is 1. The Kier molecular flexibility index (Phi) is 1.72. The molecule has 0 spiro atoms. The van der Waals surface area contributed by atoms with E-state index in [1.807, 2.05) is 13.0 Å². The van der Waals surface area contributed by atoms with E-state index in [4.69, 9.17) is 0 Å². The van der Waals surface area contributed by atoms with Gasteiger partial charge in [0.15, 0.2) is 0 Å². The molecule has 0 unspecified atom stereocenters. The molecule has 0 atom stereocenters. The van der Waals surface area contributed by atoms with Crippen LogP contribution in [0, 0.1) is 13.8 Å². The lowest BCUT2D eigenvalue weighted by molar-refractivity contribution is -0.907. The molecule has 2 aromatic heterocycles. The van der Waals surface area contributed by atoms with Crippen LogP contribution in [0.1, 0.15) is 11.3 Å². The average molecular weight is 213 g/mol. The molecular formula is C13H13N2O+. The molecule has 80 valence electrons. The normalized spacial score (nSPS) is 11.4. The van der Waals surface area contributed by atoms with Gasteiger partial charge in [-0.1, -0.05) is 12.1 Å². The highest BCUT2D eigenvalue weighted by Gasteiger charge is 2.14. The minimum Gasteiger partial charge on any atom is -0.349 e. The van der Waals surface area contributed by atoms with Gasteiger partial charge < -0.3 is 4.98 Å². The van der Waals surface area contributed by atoms with Crippen molar-refractivity contribution < 1.29 is 9.94 Å². The summed E-state index contributed by atoms with van der Waals surface area (Å²) in [6, 6.07) is 8.27. The van der Waals surface area contributed by atoms with E-state index in [-0.39, 0.29) is 0 Å². The fourth-order valence-electron chi connectivity index (χ4n) is 2.16. The molecule has 16 heavy (non-hydrogen) atoms. The van der Waals surface area contributed by atoms with Crippen LogP contribution in [0.15, 0.2) is 30.5 Å². The Bertz CT molecular complexity index is 698. The number of benzene rings is 1. The summed E-state index contributed by atoms with van der Waals surface area (Å²) in [6.07, 6.45) is 1.67. The van der Waals surface area contributed by atoms with Gasteiger partial charge in [-0.05, 0) is 18.6 Å². The van der Waals surface area contributed by atoms with Gasteiger partial charge in [-0.25, -0.2) is 0 Å². The molecule has 2 N–H and O–H groups in total. The fourth-order valence-corrected chi connectivity index (χ4v) is 2.16. The van der Waals surface area contributed by atoms with Crippen molar-refractivity contribution in [3.05, 3.63) is 41.7 Å². The monoisotopic (exact) mass is 213 g/mol. The number of aromatic amines is 1. The number of aromatic nitrogens is 2. The molecule has 3 aromatic rings. The Morgan fingerprint density at radius 3 is 2.75 bits per heavy atom. The molecule has 0 aliphatic rings. The molecule has 1 aromatic carbocycles. The number of H-pyrrole nitrogens is 1. The zero-order chi connectivity index (χ0) is 11.3. The lowest BCUT2D eigenvalue weighted by Crippen LogP contribution is -2.32. The van der Waals surface area contributed by atoms with E-state index in [0.717, 1.165) is 26.8 Å². The first-order chi connectivity index (χ1) is 7.66. The van der Waals surface area contributed by atoms with Gasteiger partial charge in [0.05, 0.1) is 0 Å². The van der Waals surface area contributed by atoms with Crippen molar-refractivity contribution >= 4 is 21.8 Å². The van der Waals surface area contributed by atoms with Gasteiger partial charge in [0.2, 0.25) is 6.20 Å². The molecule has 0 fully saturated rings. The lowest BCUT2D eigenvalue weighted by Gasteiger charge is -1.92. The third kappa shape index (κ3) is 1.11. The zero-order valence-corrected chi connectivity index (χ0v) is 9.28. The maximum Gasteiger partial charge on any atom is 0.254 e. The Hall–Kier alpha value is -2.03. The van der Waals surface area contributed by atoms with Crippen LogP contribution in [0.3, 0.4) is 0 Å². The van der Waals surface area contributed by atoms with Gasteiger partial charge in [0, 0.05) is 34.0 Å². The number of hydrogen-bond acceptors (Lipinski definition) is 1. The van der Waals surface area contributed by atoms with Crippen molar-refractivity contribution in [1.29, 1.82) is 0 Å². The summed E-state index contributed by atoms with van der Waals surface area (Å²) in [6.45, 7) is 3.97. The first-order valence-corrected chi connectivity index (χ1v) is 5.29. The molecular weight excluding hydrogens is 200 g/mol. The van der Waals surface area contributed by atoms with Gasteiger partial charge >= 0.3 is 0 Å². The standard InChI is InChI=1S/C13H12N2O/c1-8-3-4-10-11-5-6-15(16)9(2)13(11)14-12(10)7-8/h3-7,16H,1-2H3/p+1. The van der Waals surface area contributed by atoms with Gasteiger partial charge in [0.1, 0.15) is 5.52 Å². The van der Waals surface area contributed by atoms with E-state index in [0.29, 0.717) is 0 Å². The van der Waals surface area contributed by atoms with E-state index in [1.165, 1.54) is 10.9 Å². The van der Waals surface area contributed by atoms with Crippen molar-refractivity contribution in [2.75, 3.05) is 0 Å². The van der Waals surface area contributed by atoms with Crippen LogP contribution in [-0.2, 0) is 0 Å². The van der Waals surface area contributed by atoms with E-state index in [9.17, 15) is 5.21 Å². The molecule has 0 radical (unpaired) electrons. The minimum atomic E-state index is 0.825. The molecule has 0 saturated heterocycles. The molecule has 3 nitrogen and oxygen atoms in total. The van der Waals surface area contributed by atoms with E-state index in [2.05, 4.69) is 30.1 Å². The van der Waals surface area contributed by atoms with Crippen LogP contribution in [0.25, 0.3) is 21.8 Å². The molecule has 3 rings (SSSR count). The SMILES string of the molecule is Cc1ccc2c(c1)[nH]c1c(C)[n+](O)ccc12. The predicted octanol–water partition coefficient (Wildman–Crippen LogP) is 2.46. The predicted molar refractivity (Wildman–Crippen MR) is 62.7 cm³/mol. The highest BCUT2D eigenvalue weighted by Crippen LogP contribution is 2.26. The third-order valence-corrected chi connectivity index (χ3v) is 3.08. The summed E-state index contributed by atoms with van der Waals surface area (Å²) in [4.78, 5) is 3.35. The second-order valence-electron chi connectivity index (χ2n) is 4.21. The maximum absolute atomic E-state index is 9.59. The summed E-state index contributed by atoms with van der Waals surface area (Å²) in [5, 5.41) is 11.9. The molecule has 2 heterocycles. The van der Waals surface area contributed by atoms with Crippen molar-refractivity contribution in [1.82, 2.24) is 4.98 Å². The molecule has 3 heteroatoms. The maximum atomic E-state index is 9.59. The van der Waals surface area contributed by atoms with Crippen molar-refractivity contribution in [3.63, 3.8) is 0 Å². The molecule has 0 saturated carbocycles. The number of rotatable bonds is 0. The van der Waals surface area contributed by atoms with E-state index >= 15 is 0 Å². The smallest absolute Gasteiger partial charge is 0.254 e. The average Bonchev–Trinajstić information content (AvgIpc) is 2.62. The number of aryl methyl sites for hydroxylation is 2. The van der Waals surface area contributed by atoms with Crippen molar-refractivity contribution in [2.24, 2.45) is 0 Å². The highest BCUT2D eigenvalue weighted by atomic mass is 16.5. The van der Waals surface area contributed by atoms with Crippen LogP contribution >= 0.6 is 0 Å². The first-order valence-electron chi connectivity index (χ1n) is 5.29. The Labute approximate surface area is 92.9 Å². The molecule has 0 amide bonds. The van der Waals surface area contributed by atoms with Crippen LogP contribution in [0.4, 0.5) is 0 Å². The molecule has 0 bridgehead atoms. The lowest BCUT2D eigenvalue weighted by atomic mass is 10.1. The first kappa shape index (κ1) is 9.21. The largest absolute Gasteiger partial charge is 0.349 e. The van der Waals surface area contributed by atoms with Gasteiger partial charge in [-0.2, -0.15) is 0 Å². The Morgan fingerprint density at radius 1 is 1.12 bits per heavy atom. The topological polar surface area (TPSA) is 39.9 Å². The minimum absolute atomic E-state index is 0.825. The third-order valence-electron chi connectivity index (χ3n) is 3.08. The number of fused-ring (bicyclic) bond motifs is 3. The summed E-state index contributed by atoms with van der Waals surface area (Å²) in [7, 11) is 0. The second kappa shape index (κ2) is 2.98. The van der Waals surface area contributed by atoms with Gasteiger partial charge in [-0.15, -0.1) is 0 Å². The van der Waals surface area contributed by atoms with Crippen molar-refractivity contribution in [2.45, 2.75) is 13.8 Å². The summed E-state index contributed by atoms with van der Waals surface area (Å²) < 4.78 is 1.14. The van der Waals surface area contributed by atoms with Crippen LogP contribution in [-0.4, -0.2) is 10.2 Å². The summed E-state index contributed by atoms with van der Waals surface area (Å²) >= 11 is 0. The van der Waals surface area contributed by atoms with Crippen LogP contribution < -0.4 is 4.73 Å². The van der Waals surface area contributed by atoms with E-state index in [1.54, 1.807) is 6.20 Å². The Balaban J connectivity index is 2.55. The number of hydrogen-bond donors (Lipinski definition) is 2. The quantitative estimate of drug-likeness (QED) is 0.437. The number of nitrogens with one attached hydrogen (secondary N) is 1. The second-order valence-corrected chi connectivity index (χ2v) is 4.21. The highest BCUT2D eigenvalue weighted by molar-refractivity contribution is 6.07. The summed E-state index contributed by atoms with van der Waals surface area (Å²) in [5.74, 6) is 0. The number of pyridine rings is 1. The van der Waals surface area contributed by atoms with Crippen molar-refractivity contribution in [3.8, 4) is 0 Å². The van der Waals surface area contributed by atoms with Crippen LogP contribution in [0.2, 0.25) is 0 Å². The zero-order valence-electron chi connectivity index (χ0n) is 9.28. The Morgan fingerprint density at radius 2 is 1.94 bits per heavy atom. The van der Waals surface area contributed by atoms with Gasteiger partial charge in [0.25, 0.3) is 5.69 Å². The molecule has 0 aliphatic carbocycles.